The van der Waals surface area contributed by atoms with Crippen LogP contribution in [0.5, 0.6) is 0 Å². The summed E-state index contributed by atoms with van der Waals surface area (Å²) in [6.45, 7) is 9.69. The molecule has 0 aromatic carbocycles. The van der Waals surface area contributed by atoms with Crippen molar-refractivity contribution in [3.05, 3.63) is 0 Å². The highest BCUT2D eigenvalue weighted by Gasteiger charge is 2.31. The normalized spacial score (nSPS) is 27.4. The quantitative estimate of drug-likeness (QED) is 0.702. The van der Waals surface area contributed by atoms with E-state index in [9.17, 15) is 4.79 Å². The molecule has 0 spiro atoms. The fraction of sp³-hybridized carbons (Fsp3) is 0.941. The minimum absolute atomic E-state index is 0.116. The maximum Gasteiger partial charge on any atom is 0.223 e. The SMILES string of the molecule is CCCCCC(C)(C)CNC(=O)C1CC(N)CCC1C. The van der Waals surface area contributed by atoms with Gasteiger partial charge in [0.15, 0.2) is 0 Å². The Bertz CT molecular complexity index is 301. The van der Waals surface area contributed by atoms with Crippen molar-refractivity contribution < 1.29 is 4.79 Å². The summed E-state index contributed by atoms with van der Waals surface area (Å²) < 4.78 is 0. The number of nitrogens with two attached hydrogens (primary N) is 1. The van der Waals surface area contributed by atoms with E-state index in [1.807, 2.05) is 0 Å². The van der Waals surface area contributed by atoms with Crippen LogP contribution in [0.15, 0.2) is 0 Å². The van der Waals surface area contributed by atoms with Crippen molar-refractivity contribution in [3.63, 3.8) is 0 Å². The summed E-state index contributed by atoms with van der Waals surface area (Å²) in [6.07, 6.45) is 7.96. The maximum absolute atomic E-state index is 12.4. The highest BCUT2D eigenvalue weighted by atomic mass is 16.1. The number of carbonyl (C=O) groups is 1. The molecule has 3 heteroatoms. The van der Waals surface area contributed by atoms with E-state index in [0.29, 0.717) is 5.92 Å². The van der Waals surface area contributed by atoms with E-state index in [2.05, 4.69) is 33.0 Å². The molecule has 1 rings (SSSR count). The molecule has 0 radical (unpaired) electrons. The van der Waals surface area contributed by atoms with Gasteiger partial charge in [0.25, 0.3) is 0 Å². The molecule has 20 heavy (non-hydrogen) atoms. The van der Waals surface area contributed by atoms with E-state index in [1.54, 1.807) is 0 Å². The van der Waals surface area contributed by atoms with Crippen LogP contribution < -0.4 is 11.1 Å². The second kappa shape index (κ2) is 8.02. The van der Waals surface area contributed by atoms with Crippen molar-refractivity contribution >= 4 is 5.91 Å². The van der Waals surface area contributed by atoms with Crippen molar-refractivity contribution in [1.29, 1.82) is 0 Å². The first kappa shape index (κ1) is 17.5. The highest BCUT2D eigenvalue weighted by Crippen LogP contribution is 2.29. The van der Waals surface area contributed by atoms with E-state index in [-0.39, 0.29) is 23.3 Å². The van der Waals surface area contributed by atoms with Crippen LogP contribution in [0.3, 0.4) is 0 Å². The van der Waals surface area contributed by atoms with Crippen LogP contribution >= 0.6 is 0 Å². The number of amides is 1. The van der Waals surface area contributed by atoms with Crippen LogP contribution in [0.4, 0.5) is 0 Å². The van der Waals surface area contributed by atoms with Gasteiger partial charge in [-0.1, -0.05) is 47.0 Å². The molecule has 3 unspecified atom stereocenters. The second-order valence-electron chi connectivity index (χ2n) is 7.50. The molecule has 0 aromatic heterocycles. The standard InChI is InChI=1S/C17H34N2O/c1-5-6-7-10-17(3,4)12-19-16(20)15-11-14(18)9-8-13(15)2/h13-15H,5-12,18H2,1-4H3,(H,19,20). The number of hydrogen-bond donors (Lipinski definition) is 2. The molecule has 0 saturated heterocycles. The molecule has 0 bridgehead atoms. The number of unbranched alkanes of at least 4 members (excludes halogenated alkanes) is 2. The van der Waals surface area contributed by atoms with Crippen molar-refractivity contribution in [2.45, 2.75) is 78.7 Å². The molecular formula is C17H34N2O. The monoisotopic (exact) mass is 282 g/mol. The Hall–Kier alpha value is -0.570. The van der Waals surface area contributed by atoms with Gasteiger partial charge in [0, 0.05) is 18.5 Å². The molecule has 118 valence electrons. The fourth-order valence-electron chi connectivity index (χ4n) is 3.12. The van der Waals surface area contributed by atoms with E-state index in [4.69, 9.17) is 5.73 Å². The average Bonchev–Trinajstić information content (AvgIpc) is 2.39. The minimum Gasteiger partial charge on any atom is -0.355 e. The van der Waals surface area contributed by atoms with Crippen LogP contribution in [-0.2, 0) is 4.79 Å². The lowest BCUT2D eigenvalue weighted by atomic mass is 9.77. The molecule has 1 aliphatic carbocycles. The molecule has 3 atom stereocenters. The van der Waals surface area contributed by atoms with Gasteiger partial charge in [-0.3, -0.25) is 4.79 Å². The van der Waals surface area contributed by atoms with Gasteiger partial charge in [0.05, 0.1) is 0 Å². The smallest absolute Gasteiger partial charge is 0.223 e. The first-order valence-corrected chi connectivity index (χ1v) is 8.39. The molecule has 3 N–H and O–H groups in total. The topological polar surface area (TPSA) is 55.1 Å². The Labute approximate surface area is 125 Å². The third kappa shape index (κ3) is 5.82. The first-order chi connectivity index (χ1) is 9.35. The van der Waals surface area contributed by atoms with Crippen LogP contribution in [0.2, 0.25) is 0 Å². The minimum atomic E-state index is 0.116. The third-order valence-electron chi connectivity index (χ3n) is 4.77. The molecular weight excluding hydrogens is 248 g/mol. The largest absolute Gasteiger partial charge is 0.355 e. The summed E-state index contributed by atoms with van der Waals surface area (Å²) in [5.41, 5.74) is 6.21. The van der Waals surface area contributed by atoms with Crippen LogP contribution in [-0.4, -0.2) is 18.5 Å². The molecule has 1 amide bonds. The van der Waals surface area contributed by atoms with Gasteiger partial charge in [0.2, 0.25) is 5.91 Å². The zero-order chi connectivity index (χ0) is 15.2. The van der Waals surface area contributed by atoms with Gasteiger partial charge in [-0.15, -0.1) is 0 Å². The predicted octanol–water partition coefficient (Wildman–Crippen LogP) is 3.47. The Kier molecular flexibility index (Phi) is 7.01. The third-order valence-corrected chi connectivity index (χ3v) is 4.77. The number of rotatable bonds is 7. The molecule has 0 heterocycles. The van der Waals surface area contributed by atoms with Gasteiger partial charge in [0.1, 0.15) is 0 Å². The summed E-state index contributed by atoms with van der Waals surface area (Å²) in [4.78, 5) is 12.4. The maximum atomic E-state index is 12.4. The second-order valence-corrected chi connectivity index (χ2v) is 7.50. The van der Waals surface area contributed by atoms with Crippen molar-refractivity contribution in [1.82, 2.24) is 5.32 Å². The molecule has 3 nitrogen and oxygen atoms in total. The lowest BCUT2D eigenvalue weighted by Crippen LogP contribution is -2.44. The lowest BCUT2D eigenvalue weighted by molar-refractivity contribution is -0.128. The fourth-order valence-corrected chi connectivity index (χ4v) is 3.12. The number of nitrogens with one attached hydrogen (secondary N) is 1. The number of carbonyl (C=O) groups excluding carboxylic acids is 1. The Balaban J connectivity index is 2.37. The van der Waals surface area contributed by atoms with Gasteiger partial charge < -0.3 is 11.1 Å². The van der Waals surface area contributed by atoms with E-state index < -0.39 is 0 Å². The summed E-state index contributed by atoms with van der Waals surface area (Å²) in [5.74, 6) is 0.805. The van der Waals surface area contributed by atoms with Crippen LogP contribution in [0, 0.1) is 17.3 Å². The average molecular weight is 282 g/mol. The highest BCUT2D eigenvalue weighted by molar-refractivity contribution is 5.79. The lowest BCUT2D eigenvalue weighted by Gasteiger charge is -2.33. The summed E-state index contributed by atoms with van der Waals surface area (Å²) >= 11 is 0. The van der Waals surface area contributed by atoms with Crippen molar-refractivity contribution in [3.8, 4) is 0 Å². The van der Waals surface area contributed by atoms with E-state index in [0.717, 1.165) is 25.8 Å². The molecule has 1 aliphatic rings. The van der Waals surface area contributed by atoms with Gasteiger partial charge in [-0.25, -0.2) is 0 Å². The summed E-state index contributed by atoms with van der Waals surface area (Å²) in [7, 11) is 0. The first-order valence-electron chi connectivity index (χ1n) is 8.39. The molecule has 1 fully saturated rings. The Morgan fingerprint density at radius 2 is 2.00 bits per heavy atom. The zero-order valence-corrected chi connectivity index (χ0v) is 13.9. The zero-order valence-electron chi connectivity index (χ0n) is 13.9. The van der Waals surface area contributed by atoms with Gasteiger partial charge in [-0.2, -0.15) is 0 Å². The molecule has 1 saturated carbocycles. The molecule has 0 aliphatic heterocycles. The molecule has 0 aromatic rings. The number of hydrogen-bond acceptors (Lipinski definition) is 2. The van der Waals surface area contributed by atoms with Crippen molar-refractivity contribution in [2.24, 2.45) is 23.0 Å². The van der Waals surface area contributed by atoms with E-state index >= 15 is 0 Å². The van der Waals surface area contributed by atoms with E-state index in [1.165, 1.54) is 25.7 Å². The Morgan fingerprint density at radius 3 is 2.65 bits per heavy atom. The summed E-state index contributed by atoms with van der Waals surface area (Å²) in [6, 6.07) is 0.208. The van der Waals surface area contributed by atoms with Gasteiger partial charge in [-0.05, 0) is 37.0 Å². The van der Waals surface area contributed by atoms with Crippen molar-refractivity contribution in [2.75, 3.05) is 6.54 Å². The van der Waals surface area contributed by atoms with Gasteiger partial charge >= 0.3 is 0 Å². The summed E-state index contributed by atoms with van der Waals surface area (Å²) in [5, 5.41) is 3.18. The van der Waals surface area contributed by atoms with Crippen LogP contribution in [0.1, 0.15) is 72.6 Å². The Morgan fingerprint density at radius 1 is 1.30 bits per heavy atom. The predicted molar refractivity (Wildman–Crippen MR) is 85.4 cm³/mol. The van der Waals surface area contributed by atoms with Crippen LogP contribution in [0.25, 0.3) is 0 Å².